The van der Waals surface area contributed by atoms with E-state index in [0.29, 0.717) is 16.7 Å². The summed E-state index contributed by atoms with van der Waals surface area (Å²) in [5.74, 6) is 9.23. The topological polar surface area (TPSA) is 26.0 Å². The predicted octanol–water partition coefficient (Wildman–Crippen LogP) is 8.17. The van der Waals surface area contributed by atoms with Gasteiger partial charge in [-0.3, -0.25) is 0 Å². The minimum Gasteiger partial charge on any atom is -0.330 e. The monoisotopic (exact) mass is 429 g/mol. The first-order valence-corrected chi connectivity index (χ1v) is 14.3. The van der Waals surface area contributed by atoms with Gasteiger partial charge in [-0.1, -0.05) is 61.3 Å². The smallest absolute Gasteiger partial charge is 0.00464 e. The Morgan fingerprint density at radius 1 is 0.839 bits per heavy atom. The van der Waals surface area contributed by atoms with Crippen molar-refractivity contribution in [2.75, 3.05) is 6.54 Å². The van der Waals surface area contributed by atoms with Gasteiger partial charge in [0, 0.05) is 0 Å². The second-order valence-corrected chi connectivity index (χ2v) is 14.1. The van der Waals surface area contributed by atoms with Gasteiger partial charge >= 0.3 is 0 Å². The van der Waals surface area contributed by atoms with E-state index in [4.69, 9.17) is 5.73 Å². The van der Waals surface area contributed by atoms with Crippen molar-refractivity contribution in [3.8, 4) is 0 Å². The van der Waals surface area contributed by atoms with Crippen molar-refractivity contribution in [1.29, 1.82) is 0 Å². The van der Waals surface area contributed by atoms with Crippen LogP contribution in [-0.2, 0) is 0 Å². The fourth-order valence-corrected chi connectivity index (χ4v) is 10.2. The van der Waals surface area contributed by atoms with Gasteiger partial charge in [-0.15, -0.1) is 0 Å². The molecule has 0 aromatic carbocycles. The molecule has 0 aromatic heterocycles. The van der Waals surface area contributed by atoms with Gasteiger partial charge in [-0.25, -0.2) is 0 Å². The Labute approximate surface area is 195 Å². The molecular formula is C30H55N. The summed E-state index contributed by atoms with van der Waals surface area (Å²) in [5, 5.41) is 0. The third-order valence-electron chi connectivity index (χ3n) is 12.3. The highest BCUT2D eigenvalue weighted by Gasteiger charge is 2.62. The number of fused-ring (bicyclic) bond motifs is 5. The van der Waals surface area contributed by atoms with E-state index in [-0.39, 0.29) is 0 Å². The predicted molar refractivity (Wildman–Crippen MR) is 135 cm³/mol. The van der Waals surface area contributed by atoms with Crippen LogP contribution >= 0.6 is 0 Å². The Morgan fingerprint density at radius 2 is 1.52 bits per heavy atom. The molecule has 0 radical (unpaired) electrons. The molecule has 1 nitrogen and oxygen atoms in total. The molecule has 11 unspecified atom stereocenters. The Kier molecular flexibility index (Phi) is 6.96. The summed E-state index contributed by atoms with van der Waals surface area (Å²) in [6.45, 7) is 18.9. The van der Waals surface area contributed by atoms with Gasteiger partial charge in [0.1, 0.15) is 0 Å². The zero-order valence-corrected chi connectivity index (χ0v) is 22.1. The third kappa shape index (κ3) is 4.06. The molecule has 2 N–H and O–H groups in total. The first kappa shape index (κ1) is 24.1. The molecule has 0 spiro atoms. The van der Waals surface area contributed by atoms with Crippen molar-refractivity contribution in [2.45, 2.75) is 113 Å². The van der Waals surface area contributed by atoms with Crippen molar-refractivity contribution in [2.24, 2.45) is 75.7 Å². The highest BCUT2D eigenvalue weighted by Crippen LogP contribution is 2.69. The normalized spacial score (nSPS) is 49.3. The van der Waals surface area contributed by atoms with Gasteiger partial charge < -0.3 is 5.73 Å². The van der Waals surface area contributed by atoms with Crippen LogP contribution in [0, 0.1) is 70.0 Å². The summed E-state index contributed by atoms with van der Waals surface area (Å²) >= 11 is 0. The standard InChI is InChI=1S/C30H55N/c1-19(2)23(18-31)9-8-21(4)25-10-11-26-28-22(5)17-24-16-20(3)12-14-29(24,6)27(28)13-15-30(25,26)7/h19-28H,8-18,31H2,1-7H3. The summed E-state index contributed by atoms with van der Waals surface area (Å²) < 4.78 is 0. The molecule has 0 aromatic rings. The number of rotatable bonds is 6. The molecule has 0 saturated heterocycles. The summed E-state index contributed by atoms with van der Waals surface area (Å²) in [6.07, 6.45) is 14.9. The first-order chi connectivity index (χ1) is 14.6. The number of nitrogens with two attached hydrogens (primary N) is 1. The molecule has 4 rings (SSSR count). The van der Waals surface area contributed by atoms with Crippen LogP contribution in [0.4, 0.5) is 0 Å². The number of hydrogen-bond donors (Lipinski definition) is 1. The lowest BCUT2D eigenvalue weighted by Gasteiger charge is -2.63. The zero-order chi connectivity index (χ0) is 22.6. The molecule has 0 bridgehead atoms. The van der Waals surface area contributed by atoms with Gasteiger partial charge in [0.25, 0.3) is 0 Å². The second kappa shape index (κ2) is 8.96. The van der Waals surface area contributed by atoms with Crippen molar-refractivity contribution in [1.82, 2.24) is 0 Å². The van der Waals surface area contributed by atoms with Crippen LogP contribution in [0.25, 0.3) is 0 Å². The van der Waals surface area contributed by atoms with Gasteiger partial charge in [-0.2, -0.15) is 0 Å². The lowest BCUT2D eigenvalue weighted by atomic mass is 9.42. The van der Waals surface area contributed by atoms with E-state index < -0.39 is 0 Å². The maximum atomic E-state index is 6.11. The van der Waals surface area contributed by atoms with E-state index in [1.54, 1.807) is 0 Å². The average Bonchev–Trinajstić information content (AvgIpc) is 3.06. The van der Waals surface area contributed by atoms with Crippen molar-refractivity contribution in [3.63, 3.8) is 0 Å². The molecule has 1 heteroatoms. The molecule has 4 saturated carbocycles. The van der Waals surface area contributed by atoms with E-state index in [9.17, 15) is 0 Å². The van der Waals surface area contributed by atoms with Crippen LogP contribution in [0.15, 0.2) is 0 Å². The van der Waals surface area contributed by atoms with E-state index in [2.05, 4.69) is 48.5 Å². The Bertz CT molecular complexity index is 612. The number of hydrogen-bond acceptors (Lipinski definition) is 1. The highest BCUT2D eigenvalue weighted by molar-refractivity contribution is 5.10. The van der Waals surface area contributed by atoms with Crippen LogP contribution < -0.4 is 5.73 Å². The fourth-order valence-electron chi connectivity index (χ4n) is 10.2. The first-order valence-electron chi connectivity index (χ1n) is 14.3. The molecule has 180 valence electrons. The molecule has 11 atom stereocenters. The second-order valence-electron chi connectivity index (χ2n) is 14.1. The van der Waals surface area contributed by atoms with Crippen molar-refractivity contribution < 1.29 is 0 Å². The van der Waals surface area contributed by atoms with E-state index in [0.717, 1.165) is 59.8 Å². The van der Waals surface area contributed by atoms with Gasteiger partial charge in [-0.05, 0) is 128 Å². The summed E-state index contributed by atoms with van der Waals surface area (Å²) in [5.41, 5.74) is 7.37. The minimum atomic E-state index is 0.607. The minimum absolute atomic E-state index is 0.607. The molecule has 4 aliphatic carbocycles. The molecule has 31 heavy (non-hydrogen) atoms. The highest BCUT2D eigenvalue weighted by atomic mass is 14.7. The van der Waals surface area contributed by atoms with E-state index in [1.165, 1.54) is 64.2 Å². The summed E-state index contributed by atoms with van der Waals surface area (Å²) in [6, 6.07) is 0. The summed E-state index contributed by atoms with van der Waals surface area (Å²) in [4.78, 5) is 0. The Morgan fingerprint density at radius 3 is 2.19 bits per heavy atom. The van der Waals surface area contributed by atoms with Crippen LogP contribution in [-0.4, -0.2) is 6.54 Å². The molecule has 4 fully saturated rings. The van der Waals surface area contributed by atoms with Gasteiger partial charge in [0.05, 0.1) is 0 Å². The van der Waals surface area contributed by atoms with Gasteiger partial charge in [0.15, 0.2) is 0 Å². The molecule has 0 amide bonds. The molecule has 4 aliphatic rings. The largest absolute Gasteiger partial charge is 0.330 e. The Balaban J connectivity index is 1.49. The van der Waals surface area contributed by atoms with Crippen LogP contribution in [0.1, 0.15) is 113 Å². The summed E-state index contributed by atoms with van der Waals surface area (Å²) in [7, 11) is 0. The van der Waals surface area contributed by atoms with Crippen LogP contribution in [0.3, 0.4) is 0 Å². The fraction of sp³-hybridized carbons (Fsp3) is 1.00. The molecule has 0 aliphatic heterocycles. The van der Waals surface area contributed by atoms with Crippen LogP contribution in [0.2, 0.25) is 0 Å². The lowest BCUT2D eigenvalue weighted by molar-refractivity contribution is -0.142. The zero-order valence-electron chi connectivity index (χ0n) is 22.1. The lowest BCUT2D eigenvalue weighted by Crippen LogP contribution is -2.56. The Hall–Kier alpha value is -0.0400. The average molecular weight is 430 g/mol. The SMILES string of the molecule is CC1CCC2(C)C(C1)CC(C)C1C2CCC2(C)C(C(C)CCC(CN)C(C)C)CCC12. The van der Waals surface area contributed by atoms with E-state index in [1.807, 2.05) is 0 Å². The van der Waals surface area contributed by atoms with Crippen molar-refractivity contribution >= 4 is 0 Å². The quantitative estimate of drug-likeness (QED) is 0.452. The van der Waals surface area contributed by atoms with Gasteiger partial charge in [0.2, 0.25) is 0 Å². The maximum Gasteiger partial charge on any atom is -0.00464 e. The van der Waals surface area contributed by atoms with Crippen molar-refractivity contribution in [3.05, 3.63) is 0 Å². The van der Waals surface area contributed by atoms with Crippen LogP contribution in [0.5, 0.6) is 0 Å². The third-order valence-corrected chi connectivity index (χ3v) is 12.3. The maximum absolute atomic E-state index is 6.11. The molecule has 0 heterocycles. The molecular weight excluding hydrogens is 374 g/mol. The van der Waals surface area contributed by atoms with E-state index >= 15 is 0 Å².